The zero-order valence-corrected chi connectivity index (χ0v) is 9.66. The van der Waals surface area contributed by atoms with E-state index in [1.165, 1.54) is 5.56 Å². The molecule has 0 saturated heterocycles. The summed E-state index contributed by atoms with van der Waals surface area (Å²) in [5.74, 6) is 7.19. The second-order valence-electron chi connectivity index (χ2n) is 4.14. The Morgan fingerprint density at radius 2 is 2.31 bits per heavy atom. The molecule has 0 bridgehead atoms. The number of hydrogen-bond donors (Lipinski definition) is 2. The van der Waals surface area contributed by atoms with Crippen LogP contribution in [0.3, 0.4) is 0 Å². The highest BCUT2D eigenvalue weighted by Gasteiger charge is 2.13. The molecule has 1 aliphatic rings. The van der Waals surface area contributed by atoms with Gasteiger partial charge in [-0.05, 0) is 37.6 Å². The summed E-state index contributed by atoms with van der Waals surface area (Å²) in [6.45, 7) is 4.81. The van der Waals surface area contributed by atoms with Gasteiger partial charge >= 0.3 is 0 Å². The molecule has 0 amide bonds. The maximum absolute atomic E-state index is 5.49. The first kappa shape index (κ1) is 11.0. The van der Waals surface area contributed by atoms with Gasteiger partial charge in [0.25, 0.3) is 0 Å². The largest absolute Gasteiger partial charge is 0.493 e. The predicted octanol–water partition coefficient (Wildman–Crippen LogP) is 1.24. The second kappa shape index (κ2) is 4.53. The van der Waals surface area contributed by atoms with E-state index in [2.05, 4.69) is 16.5 Å². The van der Waals surface area contributed by atoms with Crippen LogP contribution in [0.15, 0.2) is 23.2 Å². The van der Waals surface area contributed by atoms with Crippen molar-refractivity contribution in [2.24, 2.45) is 10.8 Å². The molecule has 2 rings (SSSR count). The SMILES string of the molecule is CC(C)N=C(NN)c1ccc2c(c1)CCO2. The Labute approximate surface area is 95.5 Å². The maximum atomic E-state index is 5.49. The minimum atomic E-state index is 0.218. The van der Waals surface area contributed by atoms with Crippen molar-refractivity contribution >= 4 is 5.84 Å². The Kier molecular flexibility index (Phi) is 3.10. The van der Waals surface area contributed by atoms with Gasteiger partial charge in [0, 0.05) is 18.0 Å². The standard InChI is InChI=1S/C12H17N3O/c1-8(2)14-12(15-13)10-3-4-11-9(7-10)5-6-16-11/h3-4,7-8H,5-6,13H2,1-2H3,(H,14,15). The molecule has 0 aromatic heterocycles. The number of nitrogens with two attached hydrogens (primary N) is 1. The quantitative estimate of drug-likeness (QED) is 0.340. The molecular formula is C12H17N3O. The first-order valence-corrected chi connectivity index (χ1v) is 5.51. The zero-order chi connectivity index (χ0) is 11.5. The molecule has 0 saturated carbocycles. The van der Waals surface area contributed by atoms with Gasteiger partial charge in [0.05, 0.1) is 6.61 Å². The van der Waals surface area contributed by atoms with E-state index in [4.69, 9.17) is 10.6 Å². The summed E-state index contributed by atoms with van der Waals surface area (Å²) in [7, 11) is 0. The lowest BCUT2D eigenvalue weighted by molar-refractivity contribution is 0.357. The van der Waals surface area contributed by atoms with Gasteiger partial charge in [-0.25, -0.2) is 5.84 Å². The van der Waals surface area contributed by atoms with Gasteiger partial charge in [-0.15, -0.1) is 0 Å². The van der Waals surface area contributed by atoms with Crippen molar-refractivity contribution in [1.29, 1.82) is 0 Å². The average molecular weight is 219 g/mol. The van der Waals surface area contributed by atoms with Crippen LogP contribution in [0, 0.1) is 0 Å². The number of aliphatic imine (C=N–C) groups is 1. The van der Waals surface area contributed by atoms with E-state index in [1.54, 1.807) is 0 Å². The van der Waals surface area contributed by atoms with Crippen LogP contribution in [-0.4, -0.2) is 18.5 Å². The van der Waals surface area contributed by atoms with Crippen molar-refractivity contribution in [1.82, 2.24) is 5.43 Å². The van der Waals surface area contributed by atoms with Crippen LogP contribution >= 0.6 is 0 Å². The summed E-state index contributed by atoms with van der Waals surface area (Å²) in [5, 5.41) is 0. The van der Waals surface area contributed by atoms with Crippen LogP contribution in [0.4, 0.5) is 0 Å². The summed E-state index contributed by atoms with van der Waals surface area (Å²) in [6, 6.07) is 6.26. The van der Waals surface area contributed by atoms with Crippen LogP contribution in [0.2, 0.25) is 0 Å². The van der Waals surface area contributed by atoms with Crippen molar-refractivity contribution in [2.45, 2.75) is 26.3 Å². The van der Waals surface area contributed by atoms with Crippen LogP contribution in [-0.2, 0) is 6.42 Å². The lowest BCUT2D eigenvalue weighted by Gasteiger charge is -2.09. The molecule has 1 aliphatic heterocycles. The fraction of sp³-hybridized carbons (Fsp3) is 0.417. The first-order valence-electron chi connectivity index (χ1n) is 5.51. The summed E-state index contributed by atoms with van der Waals surface area (Å²) in [5.41, 5.74) is 4.89. The number of amidine groups is 1. The minimum Gasteiger partial charge on any atom is -0.493 e. The molecule has 1 aromatic rings. The molecule has 1 heterocycles. The second-order valence-corrected chi connectivity index (χ2v) is 4.14. The number of rotatable bonds is 2. The van der Waals surface area contributed by atoms with Crippen molar-refractivity contribution < 1.29 is 4.74 Å². The molecule has 0 radical (unpaired) electrons. The molecule has 0 fully saturated rings. The summed E-state index contributed by atoms with van der Waals surface area (Å²) < 4.78 is 5.46. The third kappa shape index (κ3) is 2.17. The molecule has 0 aliphatic carbocycles. The van der Waals surface area contributed by atoms with Gasteiger partial charge in [0.1, 0.15) is 11.6 Å². The van der Waals surface area contributed by atoms with E-state index >= 15 is 0 Å². The molecule has 3 N–H and O–H groups in total. The van der Waals surface area contributed by atoms with E-state index in [1.807, 2.05) is 26.0 Å². The summed E-state index contributed by atoms with van der Waals surface area (Å²) >= 11 is 0. The van der Waals surface area contributed by atoms with Gasteiger partial charge in [0.15, 0.2) is 0 Å². The summed E-state index contributed by atoms with van der Waals surface area (Å²) in [4.78, 5) is 4.43. The van der Waals surface area contributed by atoms with Crippen LogP contribution in [0.25, 0.3) is 0 Å². The Bertz CT molecular complexity index is 413. The summed E-state index contributed by atoms with van der Waals surface area (Å²) in [6.07, 6.45) is 0.961. The van der Waals surface area contributed by atoms with Crippen LogP contribution in [0.5, 0.6) is 5.75 Å². The number of ether oxygens (including phenoxy) is 1. The number of fused-ring (bicyclic) bond motifs is 1. The fourth-order valence-electron chi connectivity index (χ4n) is 1.79. The maximum Gasteiger partial charge on any atom is 0.142 e. The monoisotopic (exact) mass is 219 g/mol. The van der Waals surface area contributed by atoms with Crippen molar-refractivity contribution in [2.75, 3.05) is 6.61 Å². The normalized spacial score (nSPS) is 14.9. The Morgan fingerprint density at radius 3 is 3.00 bits per heavy atom. The molecule has 1 aromatic carbocycles. The molecule has 0 atom stereocenters. The highest BCUT2D eigenvalue weighted by molar-refractivity contribution is 5.98. The van der Waals surface area contributed by atoms with Crippen LogP contribution < -0.4 is 16.0 Å². The molecule has 86 valence electrons. The molecular weight excluding hydrogens is 202 g/mol. The zero-order valence-electron chi connectivity index (χ0n) is 9.66. The molecule has 4 nitrogen and oxygen atoms in total. The Hall–Kier alpha value is -1.55. The van der Waals surface area contributed by atoms with Gasteiger partial charge in [-0.2, -0.15) is 0 Å². The molecule has 4 heteroatoms. The van der Waals surface area contributed by atoms with E-state index in [-0.39, 0.29) is 6.04 Å². The van der Waals surface area contributed by atoms with Crippen molar-refractivity contribution in [3.05, 3.63) is 29.3 Å². The number of hydrogen-bond acceptors (Lipinski definition) is 3. The van der Waals surface area contributed by atoms with Gasteiger partial charge in [-0.1, -0.05) is 0 Å². The topological polar surface area (TPSA) is 59.6 Å². The smallest absolute Gasteiger partial charge is 0.142 e. The Morgan fingerprint density at radius 1 is 1.50 bits per heavy atom. The van der Waals surface area contributed by atoms with Crippen molar-refractivity contribution in [3.63, 3.8) is 0 Å². The fourth-order valence-corrected chi connectivity index (χ4v) is 1.79. The molecule has 16 heavy (non-hydrogen) atoms. The van der Waals surface area contributed by atoms with Gasteiger partial charge in [0.2, 0.25) is 0 Å². The number of hydrazine groups is 1. The lowest BCUT2D eigenvalue weighted by Crippen LogP contribution is -2.32. The highest BCUT2D eigenvalue weighted by Crippen LogP contribution is 2.25. The van der Waals surface area contributed by atoms with Gasteiger partial charge < -0.3 is 10.2 Å². The predicted molar refractivity (Wildman–Crippen MR) is 64.6 cm³/mol. The van der Waals surface area contributed by atoms with E-state index in [0.29, 0.717) is 0 Å². The number of benzene rings is 1. The van der Waals surface area contributed by atoms with Gasteiger partial charge in [-0.3, -0.25) is 4.99 Å². The number of nitrogens with zero attached hydrogens (tertiary/aromatic N) is 1. The van der Waals surface area contributed by atoms with E-state index in [0.717, 1.165) is 30.2 Å². The highest BCUT2D eigenvalue weighted by atomic mass is 16.5. The third-order valence-corrected chi connectivity index (χ3v) is 2.49. The molecule has 0 spiro atoms. The van der Waals surface area contributed by atoms with E-state index < -0.39 is 0 Å². The number of nitrogens with one attached hydrogen (secondary N) is 1. The molecule has 0 unspecified atom stereocenters. The van der Waals surface area contributed by atoms with Crippen LogP contribution in [0.1, 0.15) is 25.0 Å². The van der Waals surface area contributed by atoms with Crippen molar-refractivity contribution in [3.8, 4) is 5.75 Å². The average Bonchev–Trinajstić information content (AvgIpc) is 2.72. The van der Waals surface area contributed by atoms with E-state index in [9.17, 15) is 0 Å². The first-order chi connectivity index (χ1) is 7.70. The third-order valence-electron chi connectivity index (χ3n) is 2.49. The Balaban J connectivity index is 2.33. The lowest BCUT2D eigenvalue weighted by atomic mass is 10.1. The minimum absolute atomic E-state index is 0.218.